The second kappa shape index (κ2) is 8.54. The van der Waals surface area contributed by atoms with Crippen LogP contribution in [-0.2, 0) is 17.6 Å². The van der Waals surface area contributed by atoms with Gasteiger partial charge in [-0.15, -0.1) is 0 Å². The Morgan fingerprint density at radius 3 is 2.86 bits per heavy atom. The molecule has 1 atom stereocenters. The van der Waals surface area contributed by atoms with Gasteiger partial charge in [0.25, 0.3) is 0 Å². The van der Waals surface area contributed by atoms with Crippen molar-refractivity contribution in [3.8, 4) is 0 Å². The molecule has 6 nitrogen and oxygen atoms in total. The molecule has 4 rings (SSSR count). The number of benzene rings is 1. The van der Waals surface area contributed by atoms with Crippen molar-refractivity contribution in [2.24, 2.45) is 0 Å². The van der Waals surface area contributed by atoms with Gasteiger partial charge in [0.05, 0.1) is 11.7 Å². The van der Waals surface area contributed by atoms with Crippen LogP contribution in [0.15, 0.2) is 54.9 Å². The number of carbonyl (C=O) groups excluding carboxylic acids is 1. The van der Waals surface area contributed by atoms with Crippen LogP contribution in [0.2, 0.25) is 0 Å². The molecule has 0 radical (unpaired) electrons. The summed E-state index contributed by atoms with van der Waals surface area (Å²) >= 11 is 0. The van der Waals surface area contributed by atoms with Gasteiger partial charge in [0.1, 0.15) is 0 Å². The van der Waals surface area contributed by atoms with Crippen LogP contribution in [0, 0.1) is 0 Å². The van der Waals surface area contributed by atoms with Gasteiger partial charge in [0.2, 0.25) is 5.91 Å². The summed E-state index contributed by atoms with van der Waals surface area (Å²) in [6, 6.07) is 15.2. The van der Waals surface area contributed by atoms with Gasteiger partial charge in [-0.25, -0.2) is 10.00 Å². The van der Waals surface area contributed by atoms with E-state index in [9.17, 15) is 4.79 Å². The van der Waals surface area contributed by atoms with E-state index in [1.54, 1.807) is 5.48 Å². The Hall–Kier alpha value is -2.70. The average Bonchev–Trinajstić information content (AvgIpc) is 3.37. The van der Waals surface area contributed by atoms with E-state index in [-0.39, 0.29) is 5.91 Å². The fourth-order valence-electron chi connectivity index (χ4n) is 4.14. The summed E-state index contributed by atoms with van der Waals surface area (Å²) in [5, 5.41) is 13.0. The first kappa shape index (κ1) is 18.7. The van der Waals surface area contributed by atoms with Gasteiger partial charge in [0.15, 0.2) is 0 Å². The van der Waals surface area contributed by atoms with Crippen molar-refractivity contribution in [3.05, 3.63) is 71.5 Å². The van der Waals surface area contributed by atoms with Gasteiger partial charge in [-0.1, -0.05) is 30.3 Å². The van der Waals surface area contributed by atoms with Crippen LogP contribution in [0.4, 0.5) is 0 Å². The minimum Gasteiger partial charge on any atom is -0.296 e. The van der Waals surface area contributed by atoms with Crippen LogP contribution in [0.1, 0.15) is 42.0 Å². The summed E-state index contributed by atoms with van der Waals surface area (Å²) in [4.78, 5) is 13.8. The van der Waals surface area contributed by atoms with E-state index in [2.05, 4.69) is 46.4 Å². The van der Waals surface area contributed by atoms with Gasteiger partial charge in [-0.3, -0.25) is 14.9 Å². The number of hydrogen-bond acceptors (Lipinski definition) is 4. The Morgan fingerprint density at radius 2 is 2.04 bits per heavy atom. The lowest BCUT2D eigenvalue weighted by atomic mass is 10.0. The number of rotatable bonds is 7. The summed E-state index contributed by atoms with van der Waals surface area (Å²) in [7, 11) is 0. The third kappa shape index (κ3) is 4.08. The van der Waals surface area contributed by atoms with E-state index >= 15 is 0 Å². The summed E-state index contributed by atoms with van der Waals surface area (Å²) in [6.07, 6.45) is 8.30. The van der Waals surface area contributed by atoms with Crippen LogP contribution in [0.3, 0.4) is 0 Å². The molecule has 3 aromatic rings. The van der Waals surface area contributed by atoms with Crippen molar-refractivity contribution in [2.75, 3.05) is 13.1 Å². The molecule has 28 heavy (non-hydrogen) atoms. The quantitative estimate of drug-likeness (QED) is 0.489. The zero-order valence-corrected chi connectivity index (χ0v) is 15.9. The molecular formula is C22H26N4O2. The molecular weight excluding hydrogens is 352 g/mol. The van der Waals surface area contributed by atoms with Crippen LogP contribution >= 0.6 is 0 Å². The van der Waals surface area contributed by atoms with E-state index in [0.717, 1.165) is 25.1 Å². The van der Waals surface area contributed by atoms with E-state index in [0.29, 0.717) is 18.9 Å². The van der Waals surface area contributed by atoms with Crippen molar-refractivity contribution in [2.45, 2.75) is 38.1 Å². The van der Waals surface area contributed by atoms with Crippen molar-refractivity contribution >= 4 is 11.4 Å². The third-order valence-electron chi connectivity index (χ3n) is 5.67. The number of amides is 1. The van der Waals surface area contributed by atoms with Crippen molar-refractivity contribution in [1.82, 2.24) is 20.0 Å². The molecule has 0 bridgehead atoms. The normalized spacial score (nSPS) is 17.2. The first-order valence-electron chi connectivity index (χ1n) is 9.91. The van der Waals surface area contributed by atoms with E-state index in [1.807, 2.05) is 23.0 Å². The number of hydrogen-bond donors (Lipinski definition) is 2. The molecule has 1 saturated heterocycles. The van der Waals surface area contributed by atoms with Crippen molar-refractivity contribution in [1.29, 1.82) is 0 Å². The molecule has 146 valence electrons. The fraction of sp³-hybridized carbons (Fsp3) is 0.364. The van der Waals surface area contributed by atoms with Crippen LogP contribution in [0.25, 0.3) is 5.52 Å². The highest BCUT2D eigenvalue weighted by Gasteiger charge is 2.25. The molecule has 2 aromatic heterocycles. The molecule has 1 aromatic carbocycles. The Labute approximate surface area is 164 Å². The summed E-state index contributed by atoms with van der Waals surface area (Å²) in [5.41, 5.74) is 6.62. The number of pyridine rings is 1. The molecule has 0 unspecified atom stereocenters. The average molecular weight is 378 g/mol. The molecule has 1 aliphatic rings. The topological polar surface area (TPSA) is 69.9 Å². The number of aromatic nitrogens is 2. The molecule has 0 aliphatic carbocycles. The lowest BCUT2D eigenvalue weighted by molar-refractivity contribution is -0.129. The standard InChI is InChI=1S/C22H26N4O2/c27-22(24-28)11-8-17-6-9-18(10-7-17)20-5-3-13-25(20)15-12-19-16-23-26-14-2-1-4-21(19)26/h1-2,4,6-7,9-10,14,16,20,28H,3,5,8,11-13,15H2,(H,24,27)/t20-/m0/s1. The molecule has 0 spiro atoms. The maximum absolute atomic E-state index is 11.2. The minimum atomic E-state index is -0.348. The highest BCUT2D eigenvalue weighted by atomic mass is 16.5. The van der Waals surface area contributed by atoms with Gasteiger partial charge < -0.3 is 0 Å². The van der Waals surface area contributed by atoms with Crippen molar-refractivity contribution in [3.63, 3.8) is 0 Å². The zero-order valence-electron chi connectivity index (χ0n) is 15.9. The zero-order chi connectivity index (χ0) is 19.3. The number of nitrogens with zero attached hydrogens (tertiary/aromatic N) is 3. The maximum atomic E-state index is 11.2. The molecule has 6 heteroatoms. The van der Waals surface area contributed by atoms with Crippen LogP contribution < -0.4 is 5.48 Å². The smallest absolute Gasteiger partial charge is 0.243 e. The number of aryl methyl sites for hydroxylation is 1. The Bertz CT molecular complexity index is 935. The lowest BCUT2D eigenvalue weighted by Gasteiger charge is -2.25. The Balaban J connectivity index is 1.38. The monoisotopic (exact) mass is 378 g/mol. The third-order valence-corrected chi connectivity index (χ3v) is 5.67. The lowest BCUT2D eigenvalue weighted by Crippen LogP contribution is -2.25. The van der Waals surface area contributed by atoms with Gasteiger partial charge in [-0.05, 0) is 61.1 Å². The highest BCUT2D eigenvalue weighted by molar-refractivity contribution is 5.74. The second-order valence-corrected chi connectivity index (χ2v) is 7.42. The van der Waals surface area contributed by atoms with Crippen LogP contribution in [0.5, 0.6) is 0 Å². The number of nitrogens with one attached hydrogen (secondary N) is 1. The van der Waals surface area contributed by atoms with Crippen molar-refractivity contribution < 1.29 is 10.0 Å². The molecule has 1 fully saturated rings. The molecule has 3 heterocycles. The van der Waals surface area contributed by atoms with Crippen LogP contribution in [-0.4, -0.2) is 38.7 Å². The second-order valence-electron chi connectivity index (χ2n) is 7.42. The molecule has 1 aliphatic heterocycles. The summed E-state index contributed by atoms with van der Waals surface area (Å²) < 4.78 is 1.94. The number of fused-ring (bicyclic) bond motifs is 1. The van der Waals surface area contributed by atoms with Gasteiger partial charge in [0, 0.05) is 25.2 Å². The minimum absolute atomic E-state index is 0.297. The number of hydroxylamine groups is 1. The maximum Gasteiger partial charge on any atom is 0.243 e. The highest BCUT2D eigenvalue weighted by Crippen LogP contribution is 2.32. The van der Waals surface area contributed by atoms with E-state index < -0.39 is 0 Å². The Morgan fingerprint density at radius 1 is 1.18 bits per heavy atom. The molecule has 2 N–H and O–H groups in total. The largest absolute Gasteiger partial charge is 0.296 e. The van der Waals surface area contributed by atoms with E-state index in [4.69, 9.17) is 5.21 Å². The number of carbonyl (C=O) groups is 1. The predicted molar refractivity (Wildman–Crippen MR) is 107 cm³/mol. The van der Waals surface area contributed by atoms with Gasteiger partial charge in [-0.2, -0.15) is 5.10 Å². The molecule has 1 amide bonds. The summed E-state index contributed by atoms with van der Waals surface area (Å²) in [5.74, 6) is -0.348. The number of likely N-dealkylation sites (tertiary alicyclic amines) is 1. The SMILES string of the molecule is O=C(CCc1ccc([C@@H]2CCCN2CCc2cnn3ccccc23)cc1)NO. The fourth-order valence-corrected chi connectivity index (χ4v) is 4.14. The summed E-state index contributed by atoms with van der Waals surface area (Å²) in [6.45, 7) is 2.15. The van der Waals surface area contributed by atoms with Gasteiger partial charge >= 0.3 is 0 Å². The predicted octanol–water partition coefficient (Wildman–Crippen LogP) is 3.15. The Kier molecular flexibility index (Phi) is 5.69. The first-order chi connectivity index (χ1) is 13.7. The first-order valence-corrected chi connectivity index (χ1v) is 9.91. The van der Waals surface area contributed by atoms with E-state index in [1.165, 1.54) is 29.5 Å². The molecule has 0 saturated carbocycles.